The Morgan fingerprint density at radius 3 is 2.62 bits per heavy atom. The number of nitrogens with two attached hydrogens (primary N) is 1. The third kappa shape index (κ3) is 5.17. The zero-order valence-corrected chi connectivity index (χ0v) is 8.00. The van der Waals surface area contributed by atoms with E-state index in [4.69, 9.17) is 10.6 Å². The van der Waals surface area contributed by atoms with Crippen LogP contribution in [-0.2, 0) is 9.57 Å². The molecular weight excluding hydrogens is 170 g/mol. The van der Waals surface area contributed by atoms with Gasteiger partial charge in [-0.2, -0.15) is 0 Å². The van der Waals surface area contributed by atoms with Crippen molar-refractivity contribution < 1.29 is 9.57 Å². The van der Waals surface area contributed by atoms with E-state index in [1.165, 1.54) is 0 Å². The maximum atomic E-state index is 5.31. The highest BCUT2D eigenvalue weighted by Crippen LogP contribution is 1.91. The molecule has 0 bridgehead atoms. The van der Waals surface area contributed by atoms with Gasteiger partial charge in [0.1, 0.15) is 0 Å². The largest absolute Gasteiger partial charge is 0.378 e. The lowest BCUT2D eigenvalue weighted by molar-refractivity contribution is 0.0373. The lowest BCUT2D eigenvalue weighted by atomic mass is 10.4. The van der Waals surface area contributed by atoms with E-state index >= 15 is 0 Å². The highest BCUT2D eigenvalue weighted by atomic mass is 16.6. The fraction of sp³-hybridized carbons (Fsp3) is 1.00. The minimum absolute atomic E-state index is 0.474. The number of ether oxygens (including phenoxy) is 1. The Kier molecular flexibility index (Phi) is 6.05. The molecule has 5 heteroatoms. The van der Waals surface area contributed by atoms with Crippen LogP contribution in [0.4, 0.5) is 0 Å². The summed E-state index contributed by atoms with van der Waals surface area (Å²) in [5, 5.41) is 3.31. The van der Waals surface area contributed by atoms with Crippen LogP contribution in [0.5, 0.6) is 0 Å². The number of nitrogens with zero attached hydrogens (tertiary/aromatic N) is 1. The monoisotopic (exact) mass is 189 g/mol. The van der Waals surface area contributed by atoms with Gasteiger partial charge in [0.05, 0.1) is 19.8 Å². The first kappa shape index (κ1) is 10.9. The molecule has 0 aromatic carbocycles. The van der Waals surface area contributed by atoms with Gasteiger partial charge >= 0.3 is 0 Å². The van der Waals surface area contributed by atoms with Crippen LogP contribution >= 0.6 is 0 Å². The standard InChI is InChI=1S/C8H19N3O2/c9-13-8-7-12-6-5-11-3-1-10-2-4-11/h10H,1-9H2. The van der Waals surface area contributed by atoms with E-state index in [-0.39, 0.29) is 0 Å². The molecule has 13 heavy (non-hydrogen) atoms. The Morgan fingerprint density at radius 2 is 1.92 bits per heavy atom. The second-order valence-electron chi connectivity index (χ2n) is 3.07. The average molecular weight is 189 g/mol. The van der Waals surface area contributed by atoms with Gasteiger partial charge < -0.3 is 14.9 Å². The Bertz CT molecular complexity index is 118. The number of nitrogens with one attached hydrogen (secondary N) is 1. The van der Waals surface area contributed by atoms with E-state index in [2.05, 4.69) is 15.1 Å². The summed E-state index contributed by atoms with van der Waals surface area (Å²) in [6.45, 7) is 7.26. The van der Waals surface area contributed by atoms with Gasteiger partial charge in [-0.15, -0.1) is 0 Å². The van der Waals surface area contributed by atoms with E-state index < -0.39 is 0 Å². The van der Waals surface area contributed by atoms with Gasteiger partial charge in [0, 0.05) is 32.7 Å². The number of rotatable bonds is 6. The quantitative estimate of drug-likeness (QED) is 0.406. The lowest BCUT2D eigenvalue weighted by Crippen LogP contribution is -2.44. The first-order valence-corrected chi connectivity index (χ1v) is 4.76. The first-order chi connectivity index (χ1) is 6.43. The van der Waals surface area contributed by atoms with Gasteiger partial charge in [-0.05, 0) is 0 Å². The molecule has 1 aliphatic rings. The van der Waals surface area contributed by atoms with Crippen molar-refractivity contribution in [3.05, 3.63) is 0 Å². The van der Waals surface area contributed by atoms with E-state index in [0.29, 0.717) is 13.2 Å². The van der Waals surface area contributed by atoms with Crippen LogP contribution in [0.15, 0.2) is 0 Å². The Balaban J connectivity index is 1.86. The minimum atomic E-state index is 0.474. The van der Waals surface area contributed by atoms with Crippen molar-refractivity contribution >= 4 is 0 Å². The number of piperazine rings is 1. The molecule has 1 aliphatic heterocycles. The second-order valence-corrected chi connectivity index (χ2v) is 3.07. The number of hydrogen-bond donors (Lipinski definition) is 2. The fourth-order valence-corrected chi connectivity index (χ4v) is 1.34. The zero-order chi connectivity index (χ0) is 9.36. The van der Waals surface area contributed by atoms with Crippen LogP contribution in [0.3, 0.4) is 0 Å². The molecule has 1 fully saturated rings. The molecule has 1 heterocycles. The van der Waals surface area contributed by atoms with Crippen molar-refractivity contribution in [1.82, 2.24) is 10.2 Å². The fourth-order valence-electron chi connectivity index (χ4n) is 1.34. The van der Waals surface area contributed by atoms with Crippen LogP contribution < -0.4 is 11.2 Å². The van der Waals surface area contributed by atoms with E-state index in [1.807, 2.05) is 0 Å². The predicted octanol–water partition coefficient (Wildman–Crippen LogP) is -1.20. The summed E-state index contributed by atoms with van der Waals surface area (Å²) in [7, 11) is 0. The molecule has 0 saturated carbocycles. The molecule has 1 saturated heterocycles. The van der Waals surface area contributed by atoms with E-state index in [9.17, 15) is 0 Å². The highest BCUT2D eigenvalue weighted by molar-refractivity contribution is 4.66. The molecular formula is C8H19N3O2. The van der Waals surface area contributed by atoms with Crippen molar-refractivity contribution in [2.45, 2.75) is 0 Å². The van der Waals surface area contributed by atoms with Gasteiger partial charge in [-0.3, -0.25) is 4.90 Å². The molecule has 78 valence electrons. The number of hydrogen-bond acceptors (Lipinski definition) is 5. The Labute approximate surface area is 79.1 Å². The molecule has 0 atom stereocenters. The smallest absolute Gasteiger partial charge is 0.0913 e. The van der Waals surface area contributed by atoms with Crippen LogP contribution in [-0.4, -0.2) is 57.4 Å². The maximum Gasteiger partial charge on any atom is 0.0913 e. The highest BCUT2D eigenvalue weighted by Gasteiger charge is 2.07. The van der Waals surface area contributed by atoms with Crippen molar-refractivity contribution in [3.63, 3.8) is 0 Å². The van der Waals surface area contributed by atoms with Crippen molar-refractivity contribution in [2.75, 3.05) is 52.5 Å². The molecule has 0 radical (unpaired) electrons. The van der Waals surface area contributed by atoms with E-state index in [1.54, 1.807) is 0 Å². The third-order valence-corrected chi connectivity index (χ3v) is 2.11. The van der Waals surface area contributed by atoms with Gasteiger partial charge in [-0.25, -0.2) is 5.90 Å². The molecule has 0 unspecified atom stereocenters. The average Bonchev–Trinajstić information content (AvgIpc) is 2.19. The van der Waals surface area contributed by atoms with Gasteiger partial charge in [0.2, 0.25) is 0 Å². The van der Waals surface area contributed by atoms with Gasteiger partial charge in [-0.1, -0.05) is 0 Å². The summed E-state index contributed by atoms with van der Waals surface area (Å²) in [6.07, 6.45) is 0. The van der Waals surface area contributed by atoms with Crippen LogP contribution in [0.2, 0.25) is 0 Å². The third-order valence-electron chi connectivity index (χ3n) is 2.11. The van der Waals surface area contributed by atoms with Crippen LogP contribution in [0.25, 0.3) is 0 Å². The predicted molar refractivity (Wildman–Crippen MR) is 50.3 cm³/mol. The van der Waals surface area contributed by atoms with Crippen molar-refractivity contribution in [1.29, 1.82) is 0 Å². The van der Waals surface area contributed by atoms with Crippen LogP contribution in [0.1, 0.15) is 0 Å². The van der Waals surface area contributed by atoms with Crippen LogP contribution in [0, 0.1) is 0 Å². The Morgan fingerprint density at radius 1 is 1.15 bits per heavy atom. The SMILES string of the molecule is NOCCOCCN1CCNCC1. The van der Waals surface area contributed by atoms with Crippen molar-refractivity contribution in [2.24, 2.45) is 5.90 Å². The van der Waals surface area contributed by atoms with E-state index in [0.717, 1.165) is 39.3 Å². The molecule has 1 rings (SSSR count). The topological polar surface area (TPSA) is 59.8 Å². The summed E-state index contributed by atoms with van der Waals surface area (Å²) >= 11 is 0. The molecule has 5 nitrogen and oxygen atoms in total. The Hall–Kier alpha value is -0.200. The van der Waals surface area contributed by atoms with Crippen molar-refractivity contribution in [3.8, 4) is 0 Å². The molecule has 3 N–H and O–H groups in total. The summed E-state index contributed by atoms with van der Waals surface area (Å²) in [5.41, 5.74) is 0. The molecule has 0 aromatic rings. The minimum Gasteiger partial charge on any atom is -0.378 e. The zero-order valence-electron chi connectivity index (χ0n) is 8.00. The second kappa shape index (κ2) is 7.23. The van der Waals surface area contributed by atoms with Gasteiger partial charge in [0.15, 0.2) is 0 Å². The lowest BCUT2D eigenvalue weighted by Gasteiger charge is -2.26. The summed E-state index contributed by atoms with van der Waals surface area (Å²) in [5.74, 6) is 4.85. The normalized spacial score (nSPS) is 19.2. The summed E-state index contributed by atoms with van der Waals surface area (Å²) < 4.78 is 5.31. The molecule has 0 amide bonds. The summed E-state index contributed by atoms with van der Waals surface area (Å²) in [6, 6.07) is 0. The molecule has 0 aromatic heterocycles. The molecule has 0 spiro atoms. The first-order valence-electron chi connectivity index (χ1n) is 4.76. The molecule has 0 aliphatic carbocycles. The maximum absolute atomic E-state index is 5.31. The summed E-state index contributed by atoms with van der Waals surface area (Å²) in [4.78, 5) is 6.77. The van der Waals surface area contributed by atoms with Gasteiger partial charge in [0.25, 0.3) is 0 Å².